The number of fused-ring (bicyclic) bond motifs is 1. The molecule has 5 rings (SSSR count). The predicted octanol–water partition coefficient (Wildman–Crippen LogP) is 4.66. The van der Waals surface area contributed by atoms with E-state index in [9.17, 15) is 41.0 Å². The van der Waals surface area contributed by atoms with Crippen molar-refractivity contribution in [2.24, 2.45) is 4.99 Å². The molecule has 15 heteroatoms. The number of nitrogens with zero attached hydrogens (tertiary/aromatic N) is 4. The van der Waals surface area contributed by atoms with Gasteiger partial charge in [0.1, 0.15) is 0 Å². The number of hydrogen-bond donors (Lipinski definition) is 2. The van der Waals surface area contributed by atoms with Crippen LogP contribution in [0.5, 0.6) is 0 Å². The number of thioether (sulfide) groups is 1. The van der Waals surface area contributed by atoms with E-state index in [4.69, 9.17) is 0 Å². The average Bonchev–Trinajstić information content (AvgIpc) is 3.59. The van der Waals surface area contributed by atoms with Gasteiger partial charge in [-0.3, -0.25) is 14.3 Å². The van der Waals surface area contributed by atoms with E-state index in [0.717, 1.165) is 17.8 Å². The number of rotatable bonds is 5. The number of carbonyl (C=O) groups excluding carboxylic acids is 2. The number of aliphatic hydroxyl groups excluding tert-OH is 1. The molecule has 3 aromatic rings. The third-order valence-electron chi connectivity index (χ3n) is 6.91. The Morgan fingerprint density at radius 2 is 1.90 bits per heavy atom. The Morgan fingerprint density at radius 1 is 1.14 bits per heavy atom. The molecule has 0 saturated carbocycles. The Bertz CT molecular complexity index is 1610. The van der Waals surface area contributed by atoms with Crippen molar-refractivity contribution in [2.45, 2.75) is 44.3 Å². The highest BCUT2D eigenvalue weighted by Gasteiger charge is 2.39. The van der Waals surface area contributed by atoms with Gasteiger partial charge in [-0.05, 0) is 59.7 Å². The first-order chi connectivity index (χ1) is 19.7. The Morgan fingerprint density at radius 3 is 2.57 bits per heavy atom. The van der Waals surface area contributed by atoms with Crippen molar-refractivity contribution in [1.82, 2.24) is 20.0 Å². The molecule has 3 heterocycles. The smallest absolute Gasteiger partial charge is 0.394 e. The Hall–Kier alpha value is -3.85. The lowest BCUT2D eigenvalue weighted by atomic mass is 10.0. The Labute approximate surface area is 239 Å². The quantitative estimate of drug-likeness (QED) is 0.322. The third-order valence-corrected chi connectivity index (χ3v) is 7.93. The average molecular weight is 612 g/mol. The van der Waals surface area contributed by atoms with Gasteiger partial charge in [0, 0.05) is 24.9 Å². The lowest BCUT2D eigenvalue weighted by Crippen LogP contribution is -2.38. The highest BCUT2D eigenvalue weighted by molar-refractivity contribution is 8.18. The zero-order valence-electron chi connectivity index (χ0n) is 21.8. The summed E-state index contributed by atoms with van der Waals surface area (Å²) in [7, 11) is 0. The van der Waals surface area contributed by atoms with E-state index in [1.54, 1.807) is 29.2 Å². The second kappa shape index (κ2) is 11.1. The topological polar surface area (TPSA) is 99.8 Å². The Balaban J connectivity index is 1.35. The fraction of sp³-hybridized carbons (Fsp3) is 0.333. The molecule has 0 spiro atoms. The monoisotopic (exact) mass is 611 g/mol. The van der Waals surface area contributed by atoms with Crippen molar-refractivity contribution in [1.29, 1.82) is 0 Å². The fourth-order valence-corrected chi connectivity index (χ4v) is 6.02. The molecular formula is C27H23F6N5O3S. The zero-order valence-corrected chi connectivity index (χ0v) is 22.6. The molecule has 0 radical (unpaired) electrons. The normalized spacial score (nSPS) is 20.6. The number of aliphatic imine (C=N–C) groups is 1. The van der Waals surface area contributed by atoms with Crippen LogP contribution in [0.15, 0.2) is 52.5 Å². The number of benzene rings is 2. The number of nitrogens with one attached hydrogen (secondary N) is 1. The number of hydrogen-bond acceptors (Lipinski definition) is 6. The standard InChI is InChI=1S/C27H23F6N5O3S/c1-14(40)35-19-9-20(13-39)37(12-19)25-36-24(41)23(42-25)7-15-2-5-22-17(6-15)10-34-38(22)11-16-3-4-18(26(28,29)30)8-21(16)27(31,32)33/h2-8,10,19-20,39H,9,11-13H2,1H3,(H,35,40)/t19-,20-/m1/s1. The highest BCUT2D eigenvalue weighted by atomic mass is 32.2. The van der Waals surface area contributed by atoms with Gasteiger partial charge in [0.05, 0.1) is 46.9 Å². The summed E-state index contributed by atoms with van der Waals surface area (Å²) in [6, 6.07) is 5.91. The minimum absolute atomic E-state index is 0.100. The van der Waals surface area contributed by atoms with Crippen LogP contribution in [-0.4, -0.2) is 62.0 Å². The molecule has 222 valence electrons. The fourth-order valence-electron chi connectivity index (χ4n) is 5.03. The molecule has 2 aliphatic heterocycles. The van der Waals surface area contributed by atoms with E-state index >= 15 is 0 Å². The SMILES string of the molecule is CC(=O)N[C@@H]1C[C@H](CO)N(C2=NC(=O)C(=Cc3ccc4c(cnn4Cc4ccc(C(F)(F)F)cc4C(F)(F)F)c3)S2)C1. The van der Waals surface area contributed by atoms with Gasteiger partial charge >= 0.3 is 12.4 Å². The van der Waals surface area contributed by atoms with Crippen LogP contribution in [0, 0.1) is 0 Å². The number of amides is 2. The summed E-state index contributed by atoms with van der Waals surface area (Å²) in [5.41, 5.74) is -2.11. The van der Waals surface area contributed by atoms with Crippen LogP contribution < -0.4 is 5.32 Å². The number of carbonyl (C=O) groups is 2. The van der Waals surface area contributed by atoms with Gasteiger partial charge in [-0.2, -0.15) is 36.4 Å². The minimum atomic E-state index is -5.00. The maximum atomic E-state index is 13.6. The van der Waals surface area contributed by atoms with Gasteiger partial charge in [-0.25, -0.2) is 0 Å². The molecule has 2 aromatic carbocycles. The van der Waals surface area contributed by atoms with Crippen LogP contribution in [0.2, 0.25) is 0 Å². The van der Waals surface area contributed by atoms with Crippen LogP contribution in [0.4, 0.5) is 26.3 Å². The molecule has 0 unspecified atom stereocenters. The van der Waals surface area contributed by atoms with Gasteiger partial charge in [0.15, 0.2) is 5.17 Å². The summed E-state index contributed by atoms with van der Waals surface area (Å²) in [6.45, 7) is 1.19. The van der Waals surface area contributed by atoms with Crippen molar-refractivity contribution >= 4 is 45.7 Å². The van der Waals surface area contributed by atoms with E-state index in [1.807, 2.05) is 0 Å². The first-order valence-electron chi connectivity index (χ1n) is 12.6. The van der Waals surface area contributed by atoms with Crippen LogP contribution in [0.1, 0.15) is 35.6 Å². The second-order valence-corrected chi connectivity index (χ2v) is 10.9. The molecule has 1 aromatic heterocycles. The van der Waals surface area contributed by atoms with Gasteiger partial charge < -0.3 is 15.3 Å². The first kappa shape index (κ1) is 29.6. The number of amidine groups is 1. The minimum Gasteiger partial charge on any atom is -0.394 e. The molecule has 8 nitrogen and oxygen atoms in total. The van der Waals surface area contributed by atoms with Crippen LogP contribution >= 0.6 is 11.8 Å². The number of halogens is 6. The Kier molecular flexibility index (Phi) is 7.83. The molecule has 0 bridgehead atoms. The molecule has 2 N–H and O–H groups in total. The molecule has 2 aliphatic rings. The lowest BCUT2D eigenvalue weighted by Gasteiger charge is -2.23. The summed E-state index contributed by atoms with van der Waals surface area (Å²) in [6.07, 6.45) is -6.40. The number of aliphatic hydroxyl groups is 1. The van der Waals surface area contributed by atoms with E-state index in [-0.39, 0.29) is 36.2 Å². The maximum Gasteiger partial charge on any atom is 0.416 e. The molecule has 2 atom stereocenters. The van der Waals surface area contributed by atoms with Crippen molar-refractivity contribution in [3.8, 4) is 0 Å². The molecule has 2 amide bonds. The molecule has 0 aliphatic carbocycles. The number of alkyl halides is 6. The van der Waals surface area contributed by atoms with E-state index in [0.29, 0.717) is 45.6 Å². The summed E-state index contributed by atoms with van der Waals surface area (Å²) in [5, 5.41) is 17.7. The van der Waals surface area contributed by atoms with Crippen LogP contribution in [0.3, 0.4) is 0 Å². The zero-order chi connectivity index (χ0) is 30.4. The van der Waals surface area contributed by atoms with Crippen molar-refractivity contribution < 1.29 is 41.0 Å². The van der Waals surface area contributed by atoms with E-state index < -0.39 is 35.9 Å². The summed E-state index contributed by atoms with van der Waals surface area (Å²) in [5.74, 6) is -0.678. The summed E-state index contributed by atoms with van der Waals surface area (Å²) >= 11 is 1.13. The first-order valence-corrected chi connectivity index (χ1v) is 13.4. The number of aromatic nitrogens is 2. The summed E-state index contributed by atoms with van der Waals surface area (Å²) < 4.78 is 81.1. The molecular weight excluding hydrogens is 588 g/mol. The van der Waals surface area contributed by atoms with Crippen LogP contribution in [-0.2, 0) is 28.5 Å². The second-order valence-electron chi connectivity index (χ2n) is 9.92. The van der Waals surface area contributed by atoms with Gasteiger partial charge in [-0.1, -0.05) is 12.1 Å². The largest absolute Gasteiger partial charge is 0.416 e. The molecule has 1 saturated heterocycles. The van der Waals surface area contributed by atoms with Crippen molar-refractivity contribution in [2.75, 3.05) is 13.2 Å². The molecule has 1 fully saturated rings. The van der Waals surface area contributed by atoms with Crippen molar-refractivity contribution in [3.05, 3.63) is 69.8 Å². The predicted molar refractivity (Wildman–Crippen MR) is 143 cm³/mol. The maximum absolute atomic E-state index is 13.6. The summed E-state index contributed by atoms with van der Waals surface area (Å²) in [4.78, 5) is 30.3. The molecule has 42 heavy (non-hydrogen) atoms. The highest BCUT2D eigenvalue weighted by Crippen LogP contribution is 2.38. The number of likely N-dealkylation sites (tertiary alicyclic amines) is 1. The van der Waals surface area contributed by atoms with Gasteiger partial charge in [0.25, 0.3) is 5.91 Å². The van der Waals surface area contributed by atoms with E-state index in [2.05, 4.69) is 15.4 Å². The third kappa shape index (κ3) is 6.16. The lowest BCUT2D eigenvalue weighted by molar-refractivity contribution is -0.143. The van der Waals surface area contributed by atoms with Gasteiger partial charge in [-0.15, -0.1) is 0 Å². The van der Waals surface area contributed by atoms with Gasteiger partial charge in [0.2, 0.25) is 5.91 Å². The van der Waals surface area contributed by atoms with Crippen molar-refractivity contribution in [3.63, 3.8) is 0 Å². The van der Waals surface area contributed by atoms with Crippen LogP contribution in [0.25, 0.3) is 17.0 Å². The van der Waals surface area contributed by atoms with E-state index in [1.165, 1.54) is 17.8 Å².